The first-order chi connectivity index (χ1) is 21.7. The van der Waals surface area contributed by atoms with Crippen LogP contribution in [-0.2, 0) is 23.4 Å². The molecule has 1 unspecified atom stereocenters. The minimum absolute atomic E-state index is 0.0102. The van der Waals surface area contributed by atoms with Gasteiger partial charge in [0.05, 0.1) is 11.6 Å². The highest BCUT2D eigenvalue weighted by atomic mass is 31.2. The predicted molar refractivity (Wildman–Crippen MR) is 153 cm³/mol. The van der Waals surface area contributed by atoms with Crippen LogP contribution in [0.5, 0.6) is 5.75 Å². The summed E-state index contributed by atoms with van der Waals surface area (Å²) in [4.78, 5) is 16.8. The lowest BCUT2D eigenvalue weighted by molar-refractivity contribution is -0.188. The molecule has 1 saturated carbocycles. The zero-order valence-electron chi connectivity index (χ0n) is 24.4. The largest absolute Gasteiger partial charge is 0.461 e. The van der Waals surface area contributed by atoms with Gasteiger partial charge in [-0.2, -0.15) is 28.6 Å². The summed E-state index contributed by atoms with van der Waals surface area (Å²) in [5.74, 6) is -2.19. The number of nitriles is 1. The average Bonchev–Trinajstić information content (AvgIpc) is 3.56. The highest BCUT2D eigenvalue weighted by molar-refractivity contribution is 7.52. The molecule has 3 heterocycles. The number of halogens is 3. The van der Waals surface area contributed by atoms with Crippen LogP contribution in [0.15, 0.2) is 48.8 Å². The van der Waals surface area contributed by atoms with Gasteiger partial charge in [-0.05, 0) is 56.9 Å². The van der Waals surface area contributed by atoms with Gasteiger partial charge < -0.3 is 29.9 Å². The van der Waals surface area contributed by atoms with Gasteiger partial charge in [0.15, 0.2) is 5.82 Å². The number of fused-ring (bicyclic) bond motifs is 1. The number of anilines is 1. The number of hydrogen-bond donors (Lipinski definition) is 4. The standard InChI is InChI=1S/C28H32F3N6O8P/c1-16(26(40)43-18-9-7-17(8-10-18)28(29,30)31)36-46(41,45-19-5-3-2-4-6-19)42-14-27(13-32)24(39)22(38)23(44-27)20-11-12-21-25(33)34-15-35-37(20)21/h2-6,11-12,15-18,22-24,38-39H,7-10,14H2,1H3,(H,36,41)(H2,33,34,35)/t16-,17?,18?,22-,23-,24-,27+,46?/m0/s1. The number of hydrogen-bond acceptors (Lipinski definition) is 12. The van der Waals surface area contributed by atoms with E-state index < -0.39 is 68.5 Å². The van der Waals surface area contributed by atoms with Crippen molar-refractivity contribution in [3.8, 4) is 11.8 Å². The second kappa shape index (κ2) is 13.1. The predicted octanol–water partition coefficient (Wildman–Crippen LogP) is 3.21. The van der Waals surface area contributed by atoms with Crippen LogP contribution in [-0.4, -0.2) is 73.5 Å². The Bertz CT molecular complexity index is 1630. The molecule has 2 aromatic heterocycles. The number of benzene rings is 1. The molecule has 5 rings (SSSR count). The van der Waals surface area contributed by atoms with Gasteiger partial charge in [0.25, 0.3) is 0 Å². The van der Waals surface area contributed by atoms with Gasteiger partial charge in [-0.3, -0.25) is 9.32 Å². The van der Waals surface area contributed by atoms with Gasteiger partial charge in [0, 0.05) is 0 Å². The monoisotopic (exact) mass is 668 g/mol. The number of nitrogens with zero attached hydrogens (tertiary/aromatic N) is 4. The summed E-state index contributed by atoms with van der Waals surface area (Å²) in [6, 6.07) is 11.2. The molecule has 46 heavy (non-hydrogen) atoms. The van der Waals surface area contributed by atoms with E-state index in [1.165, 1.54) is 36.0 Å². The molecule has 2 aliphatic rings. The highest BCUT2D eigenvalue weighted by Crippen LogP contribution is 2.48. The number of carbonyl (C=O) groups is 1. The van der Waals surface area contributed by atoms with Crippen LogP contribution in [0.1, 0.15) is 44.4 Å². The number of aliphatic hydroxyl groups is 2. The van der Waals surface area contributed by atoms with E-state index >= 15 is 0 Å². The molecule has 3 aromatic rings. The third-order valence-corrected chi connectivity index (χ3v) is 9.61. The van der Waals surface area contributed by atoms with Crippen molar-refractivity contribution in [3.63, 3.8) is 0 Å². The average molecular weight is 669 g/mol. The van der Waals surface area contributed by atoms with Crippen molar-refractivity contribution in [2.24, 2.45) is 5.92 Å². The van der Waals surface area contributed by atoms with E-state index in [4.69, 9.17) is 24.3 Å². The maximum atomic E-state index is 14.0. The number of aromatic nitrogens is 3. The molecule has 0 bridgehead atoms. The van der Waals surface area contributed by atoms with Gasteiger partial charge in [-0.15, -0.1) is 0 Å². The molecule has 2 fully saturated rings. The Hall–Kier alpha value is -3.78. The van der Waals surface area contributed by atoms with Crippen molar-refractivity contribution < 1.29 is 51.3 Å². The number of aliphatic hydroxyl groups excluding tert-OH is 2. The topological polar surface area (TPSA) is 204 Å². The number of esters is 1. The maximum Gasteiger partial charge on any atom is 0.459 e. The lowest BCUT2D eigenvalue weighted by atomic mass is 9.87. The second-order valence-electron chi connectivity index (χ2n) is 11.2. The smallest absolute Gasteiger partial charge is 0.459 e. The fraction of sp³-hybridized carbons (Fsp3) is 0.500. The van der Waals surface area contributed by atoms with E-state index in [2.05, 4.69) is 15.2 Å². The number of nitrogen functional groups attached to an aromatic ring is 1. The van der Waals surface area contributed by atoms with Gasteiger partial charge in [0.1, 0.15) is 60.7 Å². The Kier molecular flexibility index (Phi) is 9.60. The number of nitrogens with two attached hydrogens (primary N) is 1. The fourth-order valence-electron chi connectivity index (χ4n) is 5.43. The Labute approximate surface area is 260 Å². The van der Waals surface area contributed by atoms with Crippen molar-refractivity contribution in [1.29, 1.82) is 5.26 Å². The molecular formula is C28H32F3N6O8P. The molecule has 1 aliphatic heterocycles. The van der Waals surface area contributed by atoms with Gasteiger partial charge >= 0.3 is 19.9 Å². The minimum atomic E-state index is -4.58. The zero-order chi connectivity index (χ0) is 33.3. The first-order valence-corrected chi connectivity index (χ1v) is 15.9. The first kappa shape index (κ1) is 33.6. The van der Waals surface area contributed by atoms with Crippen LogP contribution in [0.4, 0.5) is 19.0 Å². The Balaban J connectivity index is 1.31. The van der Waals surface area contributed by atoms with E-state index in [9.17, 15) is 38.0 Å². The van der Waals surface area contributed by atoms with E-state index in [0.29, 0.717) is 5.52 Å². The molecule has 0 spiro atoms. The first-order valence-electron chi connectivity index (χ1n) is 14.3. The number of ether oxygens (including phenoxy) is 2. The summed E-state index contributed by atoms with van der Waals surface area (Å²) in [5, 5.41) is 38.5. The van der Waals surface area contributed by atoms with Crippen LogP contribution in [0, 0.1) is 17.2 Å². The highest BCUT2D eigenvalue weighted by Gasteiger charge is 2.57. The van der Waals surface area contributed by atoms with Crippen molar-refractivity contribution >= 4 is 25.1 Å². The van der Waals surface area contributed by atoms with Crippen molar-refractivity contribution in [3.05, 3.63) is 54.5 Å². The quantitative estimate of drug-likeness (QED) is 0.181. The summed E-state index contributed by atoms with van der Waals surface area (Å²) in [7, 11) is -4.58. The molecule has 0 radical (unpaired) electrons. The molecular weight excluding hydrogens is 636 g/mol. The zero-order valence-corrected chi connectivity index (χ0v) is 25.3. The van der Waals surface area contributed by atoms with Crippen LogP contribution in [0.3, 0.4) is 0 Å². The Morgan fingerprint density at radius 3 is 2.59 bits per heavy atom. The fourth-order valence-corrected chi connectivity index (χ4v) is 6.95. The Morgan fingerprint density at radius 2 is 1.93 bits per heavy atom. The maximum absolute atomic E-state index is 14.0. The number of nitrogens with one attached hydrogen (secondary N) is 1. The van der Waals surface area contributed by atoms with E-state index in [1.807, 2.05) is 0 Å². The number of alkyl halides is 3. The summed E-state index contributed by atoms with van der Waals surface area (Å²) in [6.45, 7) is 0.388. The SMILES string of the molecule is C[C@H](NP(=O)(OC[C@@]1(C#N)O[C@@H](c2ccc3c(N)ncnn23)[C@H](O)[C@@H]1O)Oc1ccccc1)C(=O)OC1CCC(C(F)(F)F)CC1. The van der Waals surface area contributed by atoms with E-state index in [0.717, 1.165) is 0 Å². The molecule has 18 heteroatoms. The summed E-state index contributed by atoms with van der Waals surface area (Å²) in [6.07, 6.45) is -9.11. The molecule has 1 aromatic carbocycles. The number of rotatable bonds is 10. The van der Waals surface area contributed by atoms with Crippen LogP contribution >= 0.6 is 7.75 Å². The van der Waals surface area contributed by atoms with Crippen molar-refractivity contribution in [1.82, 2.24) is 19.7 Å². The second-order valence-corrected chi connectivity index (χ2v) is 12.8. The van der Waals surface area contributed by atoms with Crippen molar-refractivity contribution in [2.75, 3.05) is 12.3 Å². The van der Waals surface area contributed by atoms with E-state index in [-0.39, 0.29) is 42.9 Å². The summed E-state index contributed by atoms with van der Waals surface area (Å²) < 4.78 is 76.9. The van der Waals surface area contributed by atoms with Gasteiger partial charge in [0.2, 0.25) is 5.60 Å². The van der Waals surface area contributed by atoms with Gasteiger partial charge in [-0.1, -0.05) is 18.2 Å². The van der Waals surface area contributed by atoms with E-state index in [1.54, 1.807) is 30.3 Å². The van der Waals surface area contributed by atoms with Crippen LogP contribution in [0.2, 0.25) is 0 Å². The molecule has 0 amide bonds. The van der Waals surface area contributed by atoms with Gasteiger partial charge in [-0.25, -0.2) is 14.1 Å². The molecule has 1 aliphatic carbocycles. The summed E-state index contributed by atoms with van der Waals surface area (Å²) >= 11 is 0. The molecule has 14 nitrogen and oxygen atoms in total. The van der Waals surface area contributed by atoms with Crippen molar-refractivity contribution in [2.45, 2.75) is 74.8 Å². The molecule has 1 saturated heterocycles. The third-order valence-electron chi connectivity index (χ3n) is 7.98. The van der Waals surface area contributed by atoms with Crippen LogP contribution in [0.25, 0.3) is 5.52 Å². The molecule has 5 N–H and O–H groups in total. The normalized spacial score (nSPS) is 28.7. The number of carbonyl (C=O) groups excluding carboxylic acids is 1. The Morgan fingerprint density at radius 1 is 1.24 bits per heavy atom. The molecule has 6 atom stereocenters. The molecule has 248 valence electrons. The third kappa shape index (κ3) is 6.97. The lowest BCUT2D eigenvalue weighted by Crippen LogP contribution is -2.46. The van der Waals surface area contributed by atoms with Crippen LogP contribution < -0.4 is 15.3 Å². The summed E-state index contributed by atoms with van der Waals surface area (Å²) in [5.41, 5.74) is 4.22. The number of para-hydroxylation sites is 1. The lowest BCUT2D eigenvalue weighted by Gasteiger charge is -2.31. The minimum Gasteiger partial charge on any atom is -0.461 e.